The highest BCUT2D eigenvalue weighted by molar-refractivity contribution is 6.00. The molecule has 2 aromatic carbocycles. The second kappa shape index (κ2) is 10.2. The molecule has 2 heterocycles. The van der Waals surface area contributed by atoms with E-state index in [-0.39, 0.29) is 48.5 Å². The van der Waals surface area contributed by atoms with E-state index in [1.807, 2.05) is 25.1 Å². The molecule has 2 aliphatic heterocycles. The van der Waals surface area contributed by atoms with Crippen LogP contribution in [0.2, 0.25) is 0 Å². The van der Waals surface area contributed by atoms with E-state index in [2.05, 4.69) is 33.4 Å². The normalized spacial score (nSPS) is 22.5. The molecule has 33 heavy (non-hydrogen) atoms. The molecule has 2 amide bonds. The van der Waals surface area contributed by atoms with Crippen LogP contribution in [-0.2, 0) is 22.7 Å². The zero-order chi connectivity index (χ0) is 23.4. The Labute approximate surface area is 191 Å². The molecule has 2 aromatic rings. The summed E-state index contributed by atoms with van der Waals surface area (Å²) in [5.41, 5.74) is 2.66. The van der Waals surface area contributed by atoms with Crippen LogP contribution in [0, 0.1) is 17.6 Å². The highest BCUT2D eigenvalue weighted by Crippen LogP contribution is 2.31. The molecular weight excluding hydrogens is 426 g/mol. The van der Waals surface area contributed by atoms with Crippen LogP contribution >= 0.6 is 0 Å². The third-order valence-corrected chi connectivity index (χ3v) is 6.38. The van der Waals surface area contributed by atoms with Crippen LogP contribution in [0.5, 0.6) is 0 Å². The predicted octanol–water partition coefficient (Wildman–Crippen LogP) is 2.51. The number of carbonyl (C=O) groups excluding carboxylic acids is 2. The van der Waals surface area contributed by atoms with E-state index in [1.54, 1.807) is 0 Å². The molecule has 3 atom stereocenters. The standard InChI is InChI=1S/C25H28F2N4O2/c1-15-19(12-22(32)29-14-17-7-8-18(26)11-20(17)27)25(33)31-21-9-10-28-24(23(15)21)30-13-16-5-3-2-4-6-16/h2-8,11,21,23-24,28,30H,9-10,12-14H2,1H3,(H,29,32)(H,31,33). The van der Waals surface area contributed by atoms with Gasteiger partial charge in [0.05, 0.1) is 12.6 Å². The first-order chi connectivity index (χ1) is 15.9. The minimum absolute atomic E-state index is 0.00727. The summed E-state index contributed by atoms with van der Waals surface area (Å²) in [5, 5.41) is 12.7. The van der Waals surface area contributed by atoms with Gasteiger partial charge in [-0.2, -0.15) is 0 Å². The molecule has 3 unspecified atom stereocenters. The van der Waals surface area contributed by atoms with Gasteiger partial charge in [-0.1, -0.05) is 42.0 Å². The fraction of sp³-hybridized carbons (Fsp3) is 0.360. The SMILES string of the molecule is CC1=C(CC(=O)NCc2ccc(F)cc2F)C(=O)NC2CCNC(NCc3ccccc3)C12. The zero-order valence-electron chi connectivity index (χ0n) is 18.5. The minimum Gasteiger partial charge on any atom is -0.352 e. The van der Waals surface area contributed by atoms with Gasteiger partial charge in [-0.3, -0.25) is 14.9 Å². The predicted molar refractivity (Wildman–Crippen MR) is 121 cm³/mol. The van der Waals surface area contributed by atoms with Gasteiger partial charge in [0.15, 0.2) is 0 Å². The molecule has 0 spiro atoms. The highest BCUT2D eigenvalue weighted by atomic mass is 19.1. The summed E-state index contributed by atoms with van der Waals surface area (Å²) < 4.78 is 26.9. The Hall–Kier alpha value is -3.10. The number of hydrogen-bond acceptors (Lipinski definition) is 4. The van der Waals surface area contributed by atoms with Gasteiger partial charge in [-0.15, -0.1) is 0 Å². The largest absolute Gasteiger partial charge is 0.352 e. The monoisotopic (exact) mass is 454 g/mol. The van der Waals surface area contributed by atoms with E-state index < -0.39 is 11.6 Å². The summed E-state index contributed by atoms with van der Waals surface area (Å²) in [6.07, 6.45) is 0.659. The van der Waals surface area contributed by atoms with Gasteiger partial charge >= 0.3 is 0 Å². The van der Waals surface area contributed by atoms with Crippen molar-refractivity contribution in [1.29, 1.82) is 0 Å². The smallest absolute Gasteiger partial charge is 0.247 e. The summed E-state index contributed by atoms with van der Waals surface area (Å²) in [7, 11) is 0. The number of carbonyl (C=O) groups is 2. The van der Waals surface area contributed by atoms with Crippen molar-refractivity contribution in [2.75, 3.05) is 6.54 Å². The number of halogens is 2. The van der Waals surface area contributed by atoms with E-state index in [0.29, 0.717) is 12.1 Å². The van der Waals surface area contributed by atoms with E-state index in [1.165, 1.54) is 6.07 Å². The van der Waals surface area contributed by atoms with Crippen LogP contribution in [0.4, 0.5) is 8.78 Å². The first-order valence-corrected chi connectivity index (χ1v) is 11.1. The van der Waals surface area contributed by atoms with Gasteiger partial charge in [0, 0.05) is 42.3 Å². The Morgan fingerprint density at radius 3 is 2.67 bits per heavy atom. The van der Waals surface area contributed by atoms with E-state index in [4.69, 9.17) is 0 Å². The average Bonchev–Trinajstić information content (AvgIpc) is 2.80. The van der Waals surface area contributed by atoms with Crippen molar-refractivity contribution in [3.8, 4) is 0 Å². The molecule has 0 bridgehead atoms. The van der Waals surface area contributed by atoms with Crippen LogP contribution < -0.4 is 21.3 Å². The number of benzene rings is 2. The number of piperidine rings is 1. The second-order valence-corrected chi connectivity index (χ2v) is 8.54. The van der Waals surface area contributed by atoms with Crippen molar-refractivity contribution in [3.05, 3.63) is 82.4 Å². The van der Waals surface area contributed by atoms with Crippen molar-refractivity contribution in [3.63, 3.8) is 0 Å². The van der Waals surface area contributed by atoms with Crippen LogP contribution in [-0.4, -0.2) is 30.6 Å². The van der Waals surface area contributed by atoms with Crippen LogP contribution in [0.25, 0.3) is 0 Å². The van der Waals surface area contributed by atoms with Gasteiger partial charge in [0.2, 0.25) is 11.8 Å². The Bertz CT molecular complexity index is 1060. The van der Waals surface area contributed by atoms with Gasteiger partial charge in [0.25, 0.3) is 0 Å². The third-order valence-electron chi connectivity index (χ3n) is 6.38. The maximum absolute atomic E-state index is 13.8. The molecule has 0 aliphatic carbocycles. The number of amides is 2. The van der Waals surface area contributed by atoms with Gasteiger partial charge in [-0.05, 0) is 31.5 Å². The molecule has 0 saturated carbocycles. The Morgan fingerprint density at radius 2 is 1.91 bits per heavy atom. The molecule has 4 rings (SSSR count). The molecule has 174 valence electrons. The molecular formula is C25H28F2N4O2. The molecule has 2 aliphatic rings. The number of hydrogen-bond donors (Lipinski definition) is 4. The number of rotatable bonds is 7. The quantitative estimate of drug-likeness (QED) is 0.518. The van der Waals surface area contributed by atoms with Crippen molar-refractivity contribution in [2.45, 2.75) is 45.1 Å². The van der Waals surface area contributed by atoms with E-state index >= 15 is 0 Å². The summed E-state index contributed by atoms with van der Waals surface area (Å²) in [6, 6.07) is 13.3. The average molecular weight is 455 g/mol. The third kappa shape index (κ3) is 5.46. The van der Waals surface area contributed by atoms with Crippen molar-refractivity contribution in [1.82, 2.24) is 21.3 Å². The Kier molecular flexibility index (Phi) is 7.15. The second-order valence-electron chi connectivity index (χ2n) is 8.54. The first kappa shape index (κ1) is 23.1. The fourth-order valence-corrected chi connectivity index (χ4v) is 4.61. The lowest BCUT2D eigenvalue weighted by Gasteiger charge is -2.44. The summed E-state index contributed by atoms with van der Waals surface area (Å²) in [5.74, 6) is -2.00. The lowest BCUT2D eigenvalue weighted by atomic mass is 9.78. The lowest BCUT2D eigenvalue weighted by Crippen LogP contribution is -2.62. The maximum atomic E-state index is 13.8. The fourth-order valence-electron chi connectivity index (χ4n) is 4.61. The van der Waals surface area contributed by atoms with Crippen molar-refractivity contribution in [2.24, 2.45) is 5.92 Å². The molecule has 1 fully saturated rings. The zero-order valence-corrected chi connectivity index (χ0v) is 18.5. The minimum atomic E-state index is -0.718. The highest BCUT2D eigenvalue weighted by Gasteiger charge is 2.40. The number of nitrogens with one attached hydrogen (secondary N) is 4. The summed E-state index contributed by atoms with van der Waals surface area (Å²) in [4.78, 5) is 25.3. The Morgan fingerprint density at radius 1 is 1.12 bits per heavy atom. The van der Waals surface area contributed by atoms with Crippen LogP contribution in [0.1, 0.15) is 30.9 Å². The molecule has 0 aromatic heterocycles. The molecule has 0 radical (unpaired) electrons. The van der Waals surface area contributed by atoms with Gasteiger partial charge < -0.3 is 16.0 Å². The van der Waals surface area contributed by atoms with Gasteiger partial charge in [-0.25, -0.2) is 8.78 Å². The first-order valence-electron chi connectivity index (χ1n) is 11.1. The lowest BCUT2D eigenvalue weighted by molar-refractivity contribution is -0.124. The summed E-state index contributed by atoms with van der Waals surface area (Å²) >= 11 is 0. The topological polar surface area (TPSA) is 82.3 Å². The maximum Gasteiger partial charge on any atom is 0.247 e. The van der Waals surface area contributed by atoms with Crippen LogP contribution in [0.3, 0.4) is 0 Å². The molecule has 1 saturated heterocycles. The Balaban J connectivity index is 1.43. The molecule has 4 N–H and O–H groups in total. The van der Waals surface area contributed by atoms with Crippen LogP contribution in [0.15, 0.2) is 59.7 Å². The molecule has 8 heteroatoms. The van der Waals surface area contributed by atoms with Crippen molar-refractivity contribution >= 4 is 11.8 Å². The molecule has 6 nitrogen and oxygen atoms in total. The van der Waals surface area contributed by atoms with Crippen molar-refractivity contribution < 1.29 is 18.4 Å². The van der Waals surface area contributed by atoms with E-state index in [9.17, 15) is 18.4 Å². The summed E-state index contributed by atoms with van der Waals surface area (Å²) in [6.45, 7) is 3.29. The number of fused-ring (bicyclic) bond motifs is 1. The van der Waals surface area contributed by atoms with Gasteiger partial charge in [0.1, 0.15) is 11.6 Å². The van der Waals surface area contributed by atoms with E-state index in [0.717, 1.165) is 36.2 Å².